The van der Waals surface area contributed by atoms with E-state index < -0.39 is 5.97 Å². The van der Waals surface area contributed by atoms with Crippen LogP contribution >= 0.6 is 0 Å². The maximum absolute atomic E-state index is 11.2. The molecule has 4 heteroatoms. The molecule has 1 heterocycles. The second-order valence-corrected chi connectivity index (χ2v) is 6.58. The fourth-order valence-corrected chi connectivity index (χ4v) is 3.35. The summed E-state index contributed by atoms with van der Waals surface area (Å²) in [7, 11) is 0. The summed E-state index contributed by atoms with van der Waals surface area (Å²) >= 11 is 0. The Morgan fingerprint density at radius 3 is 2.77 bits per heavy atom. The van der Waals surface area contributed by atoms with Gasteiger partial charge >= 0.3 is 5.97 Å². The lowest BCUT2D eigenvalue weighted by atomic mass is 9.91. The molecule has 0 aliphatic heterocycles. The Balaban J connectivity index is 1.67. The molecule has 0 bridgehead atoms. The normalized spacial score (nSPS) is 19.1. The molecule has 2 saturated carbocycles. The number of aromatic nitrogens is 2. The molecule has 1 unspecified atom stereocenters. The monoisotopic (exact) mass is 296 g/mol. The van der Waals surface area contributed by atoms with Gasteiger partial charge in [0.05, 0.1) is 12.1 Å². The minimum Gasteiger partial charge on any atom is -0.481 e. The van der Waals surface area contributed by atoms with Gasteiger partial charge in [0, 0.05) is 17.8 Å². The van der Waals surface area contributed by atoms with Crippen LogP contribution < -0.4 is 0 Å². The maximum Gasteiger partial charge on any atom is 0.303 e. The van der Waals surface area contributed by atoms with Crippen molar-refractivity contribution in [3.05, 3.63) is 47.8 Å². The number of carbonyl (C=O) groups is 1. The van der Waals surface area contributed by atoms with Crippen LogP contribution in [0.15, 0.2) is 36.5 Å². The summed E-state index contributed by atoms with van der Waals surface area (Å²) in [6, 6.07) is 10.4. The van der Waals surface area contributed by atoms with E-state index in [0.717, 1.165) is 24.1 Å². The Kier molecular flexibility index (Phi) is 3.25. The van der Waals surface area contributed by atoms with Gasteiger partial charge in [0.1, 0.15) is 0 Å². The zero-order chi connectivity index (χ0) is 15.1. The SMILES string of the molecule is O=C(O)CC(c1cccc(-n2nccc2C2CC2)c1)C1CC1. The molecular formula is C18H20N2O2. The number of rotatable bonds is 6. The number of aliphatic carboxylic acids is 1. The molecule has 0 saturated heterocycles. The zero-order valence-electron chi connectivity index (χ0n) is 12.5. The molecule has 0 amide bonds. The van der Waals surface area contributed by atoms with Crippen LogP contribution in [0.2, 0.25) is 0 Å². The number of nitrogens with zero attached hydrogens (tertiary/aromatic N) is 2. The molecule has 22 heavy (non-hydrogen) atoms. The summed E-state index contributed by atoms with van der Waals surface area (Å²) in [5.74, 6) is 0.605. The molecule has 114 valence electrons. The predicted molar refractivity (Wildman–Crippen MR) is 83.3 cm³/mol. The van der Waals surface area contributed by atoms with Crippen molar-refractivity contribution in [1.82, 2.24) is 9.78 Å². The summed E-state index contributed by atoms with van der Waals surface area (Å²) in [4.78, 5) is 11.2. The Morgan fingerprint density at radius 1 is 1.27 bits per heavy atom. The van der Waals surface area contributed by atoms with Crippen molar-refractivity contribution in [2.24, 2.45) is 5.92 Å². The summed E-state index contributed by atoms with van der Waals surface area (Å²) in [6.45, 7) is 0. The third kappa shape index (κ3) is 2.65. The van der Waals surface area contributed by atoms with Gasteiger partial charge in [-0.15, -0.1) is 0 Å². The predicted octanol–water partition coefficient (Wildman–Crippen LogP) is 3.72. The van der Waals surface area contributed by atoms with E-state index in [9.17, 15) is 9.90 Å². The zero-order valence-corrected chi connectivity index (χ0v) is 12.5. The highest BCUT2D eigenvalue weighted by Gasteiger charge is 2.34. The van der Waals surface area contributed by atoms with E-state index >= 15 is 0 Å². The van der Waals surface area contributed by atoms with Crippen LogP contribution in [0.1, 0.15) is 55.2 Å². The standard InChI is InChI=1S/C18H20N2O2/c21-18(22)11-16(12-4-5-12)14-2-1-3-15(10-14)20-17(8-9-19-20)13-6-7-13/h1-3,8-10,12-13,16H,4-7,11H2,(H,21,22). The third-order valence-electron chi connectivity index (χ3n) is 4.80. The molecule has 2 fully saturated rings. The van der Waals surface area contributed by atoms with Crippen molar-refractivity contribution in [3.8, 4) is 5.69 Å². The van der Waals surface area contributed by atoms with Crippen molar-refractivity contribution in [1.29, 1.82) is 0 Å². The molecule has 2 aliphatic rings. The van der Waals surface area contributed by atoms with Gasteiger partial charge in [-0.05, 0) is 61.3 Å². The highest BCUT2D eigenvalue weighted by atomic mass is 16.4. The Bertz CT molecular complexity index is 699. The number of hydrogen-bond donors (Lipinski definition) is 1. The van der Waals surface area contributed by atoms with Crippen molar-refractivity contribution in [2.75, 3.05) is 0 Å². The molecule has 2 aliphatic carbocycles. The first kappa shape index (κ1) is 13.6. The van der Waals surface area contributed by atoms with Crippen LogP contribution in [-0.2, 0) is 4.79 Å². The summed E-state index contributed by atoms with van der Waals surface area (Å²) in [5, 5.41) is 13.7. The van der Waals surface area contributed by atoms with Crippen LogP contribution in [0.5, 0.6) is 0 Å². The van der Waals surface area contributed by atoms with E-state index in [2.05, 4.69) is 29.4 Å². The Labute approximate surface area is 129 Å². The van der Waals surface area contributed by atoms with Crippen LogP contribution in [-0.4, -0.2) is 20.9 Å². The van der Waals surface area contributed by atoms with Crippen molar-refractivity contribution >= 4 is 5.97 Å². The van der Waals surface area contributed by atoms with E-state index in [1.165, 1.54) is 18.5 Å². The first-order chi connectivity index (χ1) is 10.7. The molecule has 2 aromatic rings. The molecule has 0 spiro atoms. The fourth-order valence-electron chi connectivity index (χ4n) is 3.35. The lowest BCUT2D eigenvalue weighted by Crippen LogP contribution is -2.09. The second-order valence-electron chi connectivity index (χ2n) is 6.58. The third-order valence-corrected chi connectivity index (χ3v) is 4.80. The highest BCUT2D eigenvalue weighted by Crippen LogP contribution is 2.45. The number of carboxylic acids is 1. The second kappa shape index (κ2) is 5.27. The summed E-state index contributed by atoms with van der Waals surface area (Å²) in [6.07, 6.45) is 6.87. The topological polar surface area (TPSA) is 55.1 Å². The van der Waals surface area contributed by atoms with Gasteiger partial charge in [-0.1, -0.05) is 12.1 Å². The van der Waals surface area contributed by atoms with Gasteiger partial charge in [-0.2, -0.15) is 5.10 Å². The van der Waals surface area contributed by atoms with E-state index in [1.807, 2.05) is 16.9 Å². The fraction of sp³-hybridized carbons (Fsp3) is 0.444. The van der Waals surface area contributed by atoms with Crippen molar-refractivity contribution in [3.63, 3.8) is 0 Å². The van der Waals surface area contributed by atoms with Gasteiger partial charge < -0.3 is 5.11 Å². The van der Waals surface area contributed by atoms with Crippen molar-refractivity contribution in [2.45, 2.75) is 43.9 Å². The highest BCUT2D eigenvalue weighted by molar-refractivity contribution is 5.68. The molecule has 1 aromatic heterocycles. The van der Waals surface area contributed by atoms with E-state index in [4.69, 9.17) is 0 Å². The average molecular weight is 296 g/mol. The first-order valence-corrected chi connectivity index (χ1v) is 8.08. The quantitative estimate of drug-likeness (QED) is 0.884. The van der Waals surface area contributed by atoms with Crippen LogP contribution in [0, 0.1) is 5.92 Å². The molecule has 1 atom stereocenters. The minimum atomic E-state index is -0.708. The van der Waals surface area contributed by atoms with Gasteiger partial charge in [0.25, 0.3) is 0 Å². The Morgan fingerprint density at radius 2 is 2.09 bits per heavy atom. The van der Waals surface area contributed by atoms with Gasteiger partial charge in [-0.25, -0.2) is 4.68 Å². The molecule has 4 nitrogen and oxygen atoms in total. The van der Waals surface area contributed by atoms with Gasteiger partial charge in [0.15, 0.2) is 0 Å². The van der Waals surface area contributed by atoms with E-state index in [0.29, 0.717) is 11.8 Å². The smallest absolute Gasteiger partial charge is 0.303 e. The average Bonchev–Trinajstić information content (AvgIpc) is 3.44. The summed E-state index contributed by atoms with van der Waals surface area (Å²) in [5.41, 5.74) is 3.47. The van der Waals surface area contributed by atoms with Gasteiger partial charge in [0.2, 0.25) is 0 Å². The van der Waals surface area contributed by atoms with Crippen LogP contribution in [0.4, 0.5) is 0 Å². The van der Waals surface area contributed by atoms with E-state index in [-0.39, 0.29) is 12.3 Å². The van der Waals surface area contributed by atoms with Crippen LogP contribution in [0.3, 0.4) is 0 Å². The molecule has 1 aromatic carbocycles. The van der Waals surface area contributed by atoms with Gasteiger partial charge in [-0.3, -0.25) is 4.79 Å². The minimum absolute atomic E-state index is 0.136. The Hall–Kier alpha value is -2.10. The molecule has 4 rings (SSSR count). The van der Waals surface area contributed by atoms with Crippen LogP contribution in [0.25, 0.3) is 5.69 Å². The van der Waals surface area contributed by atoms with Crippen molar-refractivity contribution < 1.29 is 9.90 Å². The molecular weight excluding hydrogens is 276 g/mol. The number of benzene rings is 1. The lowest BCUT2D eigenvalue weighted by Gasteiger charge is -2.16. The molecule has 0 radical (unpaired) electrons. The molecule has 1 N–H and O–H groups in total. The number of carboxylic acid groups (broad SMARTS) is 1. The largest absolute Gasteiger partial charge is 0.481 e. The number of hydrogen-bond acceptors (Lipinski definition) is 2. The lowest BCUT2D eigenvalue weighted by molar-refractivity contribution is -0.137. The van der Waals surface area contributed by atoms with E-state index in [1.54, 1.807) is 0 Å². The summed E-state index contributed by atoms with van der Waals surface area (Å²) < 4.78 is 2.02. The maximum atomic E-state index is 11.2. The first-order valence-electron chi connectivity index (χ1n) is 8.08.